The van der Waals surface area contributed by atoms with Crippen LogP contribution in [0.15, 0.2) is 46.9 Å². The van der Waals surface area contributed by atoms with Gasteiger partial charge in [-0.3, -0.25) is 0 Å². The number of phenolic OH excluding ortho intramolecular Hbond substituents is 1. The summed E-state index contributed by atoms with van der Waals surface area (Å²) in [4.78, 5) is 12.3. The molecule has 0 aliphatic rings. The highest BCUT2D eigenvalue weighted by atomic mass is 16.5. The molecule has 0 amide bonds. The Bertz CT molecular complexity index is 828. The number of esters is 1. The molecule has 0 bridgehead atoms. The number of carbonyl (C=O) groups excluding carboxylic acids is 1. The van der Waals surface area contributed by atoms with Gasteiger partial charge in [0.25, 0.3) is 0 Å². The number of hydrogen-bond donors (Lipinski definition) is 1. The van der Waals surface area contributed by atoms with Crippen molar-refractivity contribution >= 4 is 16.9 Å². The zero-order chi connectivity index (χ0) is 15.7. The van der Waals surface area contributed by atoms with E-state index >= 15 is 0 Å². The first-order chi connectivity index (χ1) is 10.6. The molecule has 1 aromatic heterocycles. The van der Waals surface area contributed by atoms with Gasteiger partial charge in [-0.25, -0.2) is 4.79 Å². The Labute approximate surface area is 127 Å². The average molecular weight is 296 g/mol. The van der Waals surface area contributed by atoms with Crippen molar-refractivity contribution in [2.75, 3.05) is 6.61 Å². The summed E-state index contributed by atoms with van der Waals surface area (Å²) in [7, 11) is 0. The molecule has 0 aliphatic heterocycles. The van der Waals surface area contributed by atoms with Crippen molar-refractivity contribution in [3.05, 3.63) is 53.6 Å². The molecule has 0 aliphatic carbocycles. The number of furan rings is 1. The third-order valence-electron chi connectivity index (χ3n) is 3.46. The van der Waals surface area contributed by atoms with Crippen molar-refractivity contribution in [1.29, 1.82) is 0 Å². The highest BCUT2D eigenvalue weighted by Gasteiger charge is 2.23. The summed E-state index contributed by atoms with van der Waals surface area (Å²) in [6.45, 7) is 4.02. The summed E-state index contributed by atoms with van der Waals surface area (Å²) in [5.41, 5.74) is 2.80. The number of benzene rings is 2. The van der Waals surface area contributed by atoms with E-state index in [0.29, 0.717) is 22.3 Å². The van der Waals surface area contributed by atoms with Crippen molar-refractivity contribution in [2.45, 2.75) is 13.8 Å². The molecule has 4 heteroatoms. The van der Waals surface area contributed by atoms with Crippen LogP contribution in [-0.4, -0.2) is 17.7 Å². The lowest BCUT2D eigenvalue weighted by molar-refractivity contribution is 0.0529. The van der Waals surface area contributed by atoms with Gasteiger partial charge in [-0.2, -0.15) is 0 Å². The minimum absolute atomic E-state index is 0.0781. The van der Waals surface area contributed by atoms with Crippen LogP contribution in [0.5, 0.6) is 5.75 Å². The van der Waals surface area contributed by atoms with E-state index in [2.05, 4.69) is 0 Å². The van der Waals surface area contributed by atoms with E-state index in [1.807, 2.05) is 31.2 Å². The number of aryl methyl sites for hydroxylation is 1. The summed E-state index contributed by atoms with van der Waals surface area (Å²) >= 11 is 0. The smallest absolute Gasteiger partial charge is 0.342 e. The summed E-state index contributed by atoms with van der Waals surface area (Å²) in [6.07, 6.45) is 0. The molecular formula is C18H16O4. The molecule has 0 saturated carbocycles. The predicted octanol–water partition coefficient (Wildman–Crippen LogP) is 4.29. The van der Waals surface area contributed by atoms with E-state index < -0.39 is 5.97 Å². The molecule has 112 valence electrons. The number of rotatable bonds is 3. The average Bonchev–Trinajstić information content (AvgIpc) is 2.86. The summed E-state index contributed by atoms with van der Waals surface area (Å²) in [5.74, 6) is 0.0794. The SMILES string of the molecule is CCOC(=O)c1c(-c2ccc(C)cc2)oc2ccc(O)cc12. The molecule has 2 aromatic carbocycles. The van der Waals surface area contributed by atoms with Crippen molar-refractivity contribution in [1.82, 2.24) is 0 Å². The quantitative estimate of drug-likeness (QED) is 0.732. The van der Waals surface area contributed by atoms with Crippen LogP contribution in [0.2, 0.25) is 0 Å². The molecule has 0 unspecified atom stereocenters. The van der Waals surface area contributed by atoms with Crippen LogP contribution in [0.3, 0.4) is 0 Å². The van der Waals surface area contributed by atoms with E-state index in [1.165, 1.54) is 12.1 Å². The number of carbonyl (C=O) groups is 1. The number of phenols is 1. The lowest BCUT2D eigenvalue weighted by Gasteiger charge is -2.04. The topological polar surface area (TPSA) is 59.7 Å². The fraction of sp³-hybridized carbons (Fsp3) is 0.167. The Kier molecular flexibility index (Phi) is 3.59. The monoisotopic (exact) mass is 296 g/mol. The Hall–Kier alpha value is -2.75. The van der Waals surface area contributed by atoms with E-state index in [-0.39, 0.29) is 12.4 Å². The zero-order valence-corrected chi connectivity index (χ0v) is 12.4. The molecular weight excluding hydrogens is 280 g/mol. The maximum Gasteiger partial charge on any atom is 0.342 e. The molecule has 0 saturated heterocycles. The standard InChI is InChI=1S/C18H16O4/c1-3-21-18(20)16-14-10-13(19)8-9-15(14)22-17(16)12-6-4-11(2)5-7-12/h4-10,19H,3H2,1-2H3. The Morgan fingerprint density at radius 2 is 1.91 bits per heavy atom. The van der Waals surface area contributed by atoms with E-state index in [4.69, 9.17) is 9.15 Å². The third-order valence-corrected chi connectivity index (χ3v) is 3.46. The van der Waals surface area contributed by atoms with Crippen LogP contribution in [0.4, 0.5) is 0 Å². The van der Waals surface area contributed by atoms with Crippen molar-refractivity contribution in [3.63, 3.8) is 0 Å². The third kappa shape index (κ3) is 2.44. The summed E-state index contributed by atoms with van der Waals surface area (Å²) < 4.78 is 11.0. The van der Waals surface area contributed by atoms with Gasteiger partial charge in [-0.1, -0.05) is 29.8 Å². The molecule has 3 aromatic rings. The second-order valence-electron chi connectivity index (χ2n) is 5.07. The minimum Gasteiger partial charge on any atom is -0.508 e. The van der Waals surface area contributed by atoms with Gasteiger partial charge in [-0.05, 0) is 32.0 Å². The van der Waals surface area contributed by atoms with Crippen LogP contribution in [0, 0.1) is 6.92 Å². The van der Waals surface area contributed by atoms with E-state index in [0.717, 1.165) is 11.1 Å². The van der Waals surface area contributed by atoms with Crippen LogP contribution in [0.25, 0.3) is 22.3 Å². The molecule has 0 atom stereocenters. The molecule has 1 heterocycles. The highest BCUT2D eigenvalue weighted by Crippen LogP contribution is 2.35. The van der Waals surface area contributed by atoms with E-state index in [1.54, 1.807) is 13.0 Å². The fourth-order valence-electron chi connectivity index (χ4n) is 2.40. The van der Waals surface area contributed by atoms with Crippen LogP contribution in [-0.2, 0) is 4.74 Å². The van der Waals surface area contributed by atoms with Gasteiger partial charge in [-0.15, -0.1) is 0 Å². The first-order valence-electron chi connectivity index (χ1n) is 7.10. The Morgan fingerprint density at radius 3 is 2.59 bits per heavy atom. The van der Waals surface area contributed by atoms with E-state index in [9.17, 15) is 9.90 Å². The van der Waals surface area contributed by atoms with Gasteiger partial charge in [0.15, 0.2) is 0 Å². The lowest BCUT2D eigenvalue weighted by atomic mass is 10.0. The van der Waals surface area contributed by atoms with Gasteiger partial charge in [0.1, 0.15) is 22.7 Å². The number of aromatic hydroxyl groups is 1. The Balaban J connectivity index is 2.26. The molecule has 3 rings (SSSR count). The first-order valence-corrected chi connectivity index (χ1v) is 7.10. The molecule has 0 fully saturated rings. The van der Waals surface area contributed by atoms with Gasteiger partial charge < -0.3 is 14.3 Å². The number of ether oxygens (including phenoxy) is 1. The van der Waals surface area contributed by atoms with Gasteiger partial charge in [0.05, 0.1) is 6.61 Å². The first kappa shape index (κ1) is 14.2. The zero-order valence-electron chi connectivity index (χ0n) is 12.4. The van der Waals surface area contributed by atoms with Crippen molar-refractivity contribution in [3.8, 4) is 17.1 Å². The molecule has 1 N–H and O–H groups in total. The molecule has 22 heavy (non-hydrogen) atoms. The van der Waals surface area contributed by atoms with Crippen LogP contribution >= 0.6 is 0 Å². The number of hydrogen-bond acceptors (Lipinski definition) is 4. The maximum atomic E-state index is 12.3. The van der Waals surface area contributed by atoms with Crippen molar-refractivity contribution < 1.29 is 19.1 Å². The number of fused-ring (bicyclic) bond motifs is 1. The summed E-state index contributed by atoms with van der Waals surface area (Å²) in [6, 6.07) is 12.4. The molecule has 4 nitrogen and oxygen atoms in total. The predicted molar refractivity (Wildman–Crippen MR) is 84.0 cm³/mol. The maximum absolute atomic E-state index is 12.3. The largest absolute Gasteiger partial charge is 0.508 e. The summed E-state index contributed by atoms with van der Waals surface area (Å²) in [5, 5.41) is 10.2. The minimum atomic E-state index is -0.456. The molecule has 0 spiro atoms. The second kappa shape index (κ2) is 5.56. The fourth-order valence-corrected chi connectivity index (χ4v) is 2.40. The van der Waals surface area contributed by atoms with Crippen molar-refractivity contribution in [2.24, 2.45) is 0 Å². The van der Waals surface area contributed by atoms with Crippen LogP contribution in [0.1, 0.15) is 22.8 Å². The van der Waals surface area contributed by atoms with Crippen LogP contribution < -0.4 is 0 Å². The molecule has 0 radical (unpaired) electrons. The Morgan fingerprint density at radius 1 is 1.18 bits per heavy atom. The normalized spacial score (nSPS) is 10.8. The lowest BCUT2D eigenvalue weighted by Crippen LogP contribution is -2.05. The second-order valence-corrected chi connectivity index (χ2v) is 5.07. The van der Waals surface area contributed by atoms with Gasteiger partial charge >= 0.3 is 5.97 Å². The highest BCUT2D eigenvalue weighted by molar-refractivity contribution is 6.09. The van der Waals surface area contributed by atoms with Gasteiger partial charge in [0.2, 0.25) is 0 Å². The van der Waals surface area contributed by atoms with Gasteiger partial charge in [0, 0.05) is 10.9 Å².